The second-order valence-electron chi connectivity index (χ2n) is 7.13. The fraction of sp³-hybridized carbons (Fsp3) is 0.0385. The number of thiophene rings is 1. The third-order valence-corrected chi connectivity index (χ3v) is 6.71. The number of benzene rings is 3. The van der Waals surface area contributed by atoms with Gasteiger partial charge in [-0.15, -0.1) is 23.1 Å². The number of nitrogens with zero attached hydrogens (tertiary/aromatic N) is 1. The van der Waals surface area contributed by atoms with Crippen LogP contribution < -0.4 is 10.6 Å². The Morgan fingerprint density at radius 3 is 2.50 bits per heavy atom. The topological polar surface area (TPSA) is 82.0 Å². The van der Waals surface area contributed by atoms with Crippen LogP contribution in [0.25, 0.3) is 11.1 Å². The Morgan fingerprint density at radius 1 is 0.971 bits per heavy atom. The van der Waals surface area contributed by atoms with Crippen LogP contribution in [-0.4, -0.2) is 17.6 Å². The van der Waals surface area contributed by atoms with E-state index >= 15 is 0 Å². The lowest BCUT2D eigenvalue weighted by molar-refractivity contribution is -0.113. The van der Waals surface area contributed by atoms with Gasteiger partial charge in [-0.2, -0.15) is 5.26 Å². The number of thioether (sulfide) groups is 1. The van der Waals surface area contributed by atoms with Gasteiger partial charge in [0.2, 0.25) is 5.91 Å². The first-order valence-corrected chi connectivity index (χ1v) is 12.1. The van der Waals surface area contributed by atoms with Gasteiger partial charge in [-0.05, 0) is 35.9 Å². The highest BCUT2D eigenvalue weighted by Gasteiger charge is 2.16. The Balaban J connectivity index is 1.38. The highest BCUT2D eigenvalue weighted by molar-refractivity contribution is 8.00. The van der Waals surface area contributed by atoms with Gasteiger partial charge in [0.25, 0.3) is 5.91 Å². The summed E-state index contributed by atoms with van der Waals surface area (Å²) in [5.74, 6) is -1.27. The van der Waals surface area contributed by atoms with E-state index in [2.05, 4.69) is 16.7 Å². The Bertz CT molecular complexity index is 1380. The number of anilines is 2. The monoisotopic (exact) mass is 487 g/mol. The van der Waals surface area contributed by atoms with Crippen molar-refractivity contribution in [3.63, 3.8) is 0 Å². The SMILES string of the molecule is N#Cc1c(-c2ccccc2)csc1NC(=O)CSc1cccc(NC(=O)c2ccccc2F)c1. The summed E-state index contributed by atoms with van der Waals surface area (Å²) in [4.78, 5) is 25.6. The maximum atomic E-state index is 13.8. The first-order valence-electron chi connectivity index (χ1n) is 10.2. The molecule has 1 heterocycles. The van der Waals surface area contributed by atoms with Gasteiger partial charge in [0, 0.05) is 21.5 Å². The van der Waals surface area contributed by atoms with Crippen LogP contribution >= 0.6 is 23.1 Å². The van der Waals surface area contributed by atoms with E-state index in [9.17, 15) is 19.2 Å². The predicted octanol–water partition coefficient (Wildman–Crippen LogP) is 6.41. The lowest BCUT2D eigenvalue weighted by Crippen LogP contribution is -2.14. The average molecular weight is 488 g/mol. The summed E-state index contributed by atoms with van der Waals surface area (Å²) in [6.45, 7) is 0. The van der Waals surface area contributed by atoms with Gasteiger partial charge in [-0.1, -0.05) is 48.5 Å². The summed E-state index contributed by atoms with van der Waals surface area (Å²) in [5, 5.41) is 17.5. The van der Waals surface area contributed by atoms with E-state index in [4.69, 9.17) is 0 Å². The zero-order valence-electron chi connectivity index (χ0n) is 17.7. The van der Waals surface area contributed by atoms with Crippen molar-refractivity contribution >= 4 is 45.6 Å². The molecule has 0 unspecified atom stereocenters. The minimum absolute atomic E-state index is 0.0425. The van der Waals surface area contributed by atoms with Crippen molar-refractivity contribution < 1.29 is 14.0 Å². The second kappa shape index (κ2) is 10.8. The standard InChI is InChI=1S/C26H18FN3O2S2/c27-23-12-5-4-11-20(23)25(32)29-18-9-6-10-19(13-18)33-16-24(31)30-26-21(14-28)22(15-34-26)17-7-2-1-3-8-17/h1-13,15H,16H2,(H,29,32)(H,30,31). The van der Waals surface area contributed by atoms with Crippen LogP contribution in [0.5, 0.6) is 0 Å². The van der Waals surface area contributed by atoms with Gasteiger partial charge < -0.3 is 10.6 Å². The van der Waals surface area contributed by atoms with Gasteiger partial charge in [-0.25, -0.2) is 4.39 Å². The smallest absolute Gasteiger partial charge is 0.258 e. The van der Waals surface area contributed by atoms with Crippen LogP contribution in [0.3, 0.4) is 0 Å². The number of amides is 2. The number of nitrogens with one attached hydrogen (secondary N) is 2. The van der Waals surface area contributed by atoms with E-state index in [0.717, 1.165) is 16.0 Å². The molecule has 8 heteroatoms. The van der Waals surface area contributed by atoms with E-state index in [0.29, 0.717) is 16.3 Å². The van der Waals surface area contributed by atoms with E-state index in [-0.39, 0.29) is 17.2 Å². The summed E-state index contributed by atoms with van der Waals surface area (Å²) in [5.41, 5.74) is 2.59. The normalized spacial score (nSPS) is 10.4. The van der Waals surface area contributed by atoms with Crippen molar-refractivity contribution in [1.29, 1.82) is 5.26 Å². The number of nitriles is 1. The third-order valence-electron chi connectivity index (χ3n) is 4.82. The predicted molar refractivity (Wildman–Crippen MR) is 135 cm³/mol. The van der Waals surface area contributed by atoms with E-state index in [1.807, 2.05) is 41.8 Å². The van der Waals surface area contributed by atoms with Crippen LogP contribution in [0.15, 0.2) is 89.1 Å². The van der Waals surface area contributed by atoms with Crippen molar-refractivity contribution in [2.45, 2.75) is 4.90 Å². The molecule has 2 amide bonds. The van der Waals surface area contributed by atoms with Gasteiger partial charge in [0.15, 0.2) is 0 Å². The fourth-order valence-corrected chi connectivity index (χ4v) is 4.90. The highest BCUT2D eigenvalue weighted by atomic mass is 32.2. The number of hydrogen-bond acceptors (Lipinski definition) is 5. The van der Waals surface area contributed by atoms with Crippen molar-refractivity contribution in [2.24, 2.45) is 0 Å². The summed E-state index contributed by atoms with van der Waals surface area (Å²) in [6, 6.07) is 24.5. The molecule has 1 aromatic heterocycles. The molecule has 0 aliphatic rings. The van der Waals surface area contributed by atoms with Gasteiger partial charge in [0.05, 0.1) is 16.9 Å². The molecule has 0 fully saturated rings. The number of carbonyl (C=O) groups excluding carboxylic acids is 2. The Hall–Kier alpha value is -3.93. The average Bonchev–Trinajstić information content (AvgIpc) is 3.26. The minimum Gasteiger partial charge on any atom is -0.322 e. The Kier molecular flexibility index (Phi) is 7.38. The molecule has 4 rings (SSSR count). The zero-order valence-corrected chi connectivity index (χ0v) is 19.4. The van der Waals surface area contributed by atoms with Crippen LogP contribution in [-0.2, 0) is 4.79 Å². The number of carbonyl (C=O) groups is 2. The maximum Gasteiger partial charge on any atom is 0.258 e. The van der Waals surface area contributed by atoms with Crippen LogP contribution in [0.2, 0.25) is 0 Å². The van der Waals surface area contributed by atoms with Crippen molar-refractivity contribution in [3.8, 4) is 17.2 Å². The fourth-order valence-electron chi connectivity index (χ4n) is 3.21. The number of hydrogen-bond donors (Lipinski definition) is 2. The molecule has 0 aliphatic carbocycles. The van der Waals surface area contributed by atoms with Gasteiger partial charge in [0.1, 0.15) is 16.9 Å². The van der Waals surface area contributed by atoms with E-state index in [1.165, 1.54) is 41.3 Å². The lowest BCUT2D eigenvalue weighted by atomic mass is 10.1. The quantitative estimate of drug-likeness (QED) is 0.295. The molecular weight excluding hydrogens is 469 g/mol. The highest BCUT2D eigenvalue weighted by Crippen LogP contribution is 2.35. The lowest BCUT2D eigenvalue weighted by Gasteiger charge is -2.08. The molecule has 168 valence electrons. The first kappa shape index (κ1) is 23.2. The van der Waals surface area contributed by atoms with E-state index in [1.54, 1.807) is 24.3 Å². The van der Waals surface area contributed by atoms with Crippen molar-refractivity contribution in [2.75, 3.05) is 16.4 Å². The molecule has 34 heavy (non-hydrogen) atoms. The minimum atomic E-state index is -0.595. The van der Waals surface area contributed by atoms with Gasteiger partial charge in [-0.3, -0.25) is 9.59 Å². The maximum absolute atomic E-state index is 13.8. The Labute approximate surface area is 204 Å². The molecule has 0 bridgehead atoms. The summed E-state index contributed by atoms with van der Waals surface area (Å²) in [6.07, 6.45) is 0. The molecule has 0 spiro atoms. The van der Waals surface area contributed by atoms with Crippen LogP contribution in [0.1, 0.15) is 15.9 Å². The number of halogens is 1. The largest absolute Gasteiger partial charge is 0.322 e. The first-order chi connectivity index (χ1) is 16.5. The second-order valence-corrected chi connectivity index (χ2v) is 9.06. The van der Waals surface area contributed by atoms with E-state index < -0.39 is 11.7 Å². The zero-order chi connectivity index (χ0) is 23.9. The molecule has 0 aliphatic heterocycles. The molecule has 2 N–H and O–H groups in total. The summed E-state index contributed by atoms with van der Waals surface area (Å²) < 4.78 is 13.8. The molecule has 3 aromatic carbocycles. The van der Waals surface area contributed by atoms with Crippen LogP contribution in [0, 0.1) is 17.1 Å². The molecule has 0 radical (unpaired) electrons. The molecule has 4 aromatic rings. The van der Waals surface area contributed by atoms with Gasteiger partial charge >= 0.3 is 0 Å². The molecule has 0 saturated heterocycles. The molecular formula is C26H18FN3O2S2. The van der Waals surface area contributed by atoms with Crippen LogP contribution in [0.4, 0.5) is 15.1 Å². The summed E-state index contributed by atoms with van der Waals surface area (Å²) >= 11 is 2.60. The molecule has 0 saturated carbocycles. The van der Waals surface area contributed by atoms with Crippen molar-refractivity contribution in [3.05, 3.63) is 101 Å². The van der Waals surface area contributed by atoms with Crippen molar-refractivity contribution in [1.82, 2.24) is 0 Å². The number of rotatable bonds is 7. The molecule has 0 atom stereocenters. The summed E-state index contributed by atoms with van der Waals surface area (Å²) in [7, 11) is 0. The Morgan fingerprint density at radius 2 is 1.74 bits per heavy atom. The third kappa shape index (κ3) is 5.52. The molecule has 5 nitrogen and oxygen atoms in total.